The smallest absolute Gasteiger partial charge is 0.344 e. The maximum atomic E-state index is 13.4. The lowest BCUT2D eigenvalue weighted by molar-refractivity contribution is -0.155. The highest BCUT2D eigenvalue weighted by atomic mass is 32.1. The monoisotopic (exact) mass is 680 g/mol. The predicted molar refractivity (Wildman–Crippen MR) is 185 cm³/mol. The van der Waals surface area contributed by atoms with Gasteiger partial charge < -0.3 is 33.7 Å². The number of thiazole rings is 1. The van der Waals surface area contributed by atoms with Crippen molar-refractivity contribution >= 4 is 29.3 Å². The van der Waals surface area contributed by atoms with Crippen molar-refractivity contribution in [3.8, 4) is 5.75 Å². The van der Waals surface area contributed by atoms with Crippen LogP contribution in [0, 0.1) is 5.41 Å². The second-order valence-corrected chi connectivity index (χ2v) is 14.1. The van der Waals surface area contributed by atoms with Crippen LogP contribution in [-0.2, 0) is 39.9 Å². The highest BCUT2D eigenvalue weighted by molar-refractivity contribution is 7.09. The van der Waals surface area contributed by atoms with Crippen LogP contribution in [0.5, 0.6) is 5.75 Å². The Labute approximate surface area is 287 Å². The van der Waals surface area contributed by atoms with E-state index >= 15 is 0 Å². The zero-order valence-corrected chi connectivity index (χ0v) is 29.9. The molecule has 0 unspecified atom stereocenters. The van der Waals surface area contributed by atoms with Crippen molar-refractivity contribution in [3.05, 3.63) is 87.4 Å². The van der Waals surface area contributed by atoms with Gasteiger partial charge in [-0.15, -0.1) is 11.3 Å². The van der Waals surface area contributed by atoms with Crippen LogP contribution in [0.3, 0.4) is 0 Å². The summed E-state index contributed by atoms with van der Waals surface area (Å²) in [5.74, 6) is -0.0990. The lowest BCUT2D eigenvalue weighted by Crippen LogP contribution is -2.38. The Balaban J connectivity index is 1.70. The van der Waals surface area contributed by atoms with Crippen LogP contribution in [0.2, 0.25) is 0 Å². The molecule has 1 aromatic heterocycles. The molecule has 0 aliphatic carbocycles. The third kappa shape index (κ3) is 9.96. The highest BCUT2D eigenvalue weighted by Crippen LogP contribution is 2.40. The Kier molecular flexibility index (Phi) is 12.9. The Morgan fingerprint density at radius 1 is 1.06 bits per heavy atom. The first-order valence-electron chi connectivity index (χ1n) is 16.1. The number of ether oxygens (including phenoxy) is 6. The summed E-state index contributed by atoms with van der Waals surface area (Å²) in [5.41, 5.74) is 1.34. The molecule has 5 atom stereocenters. The van der Waals surface area contributed by atoms with Crippen LogP contribution >= 0.6 is 11.3 Å². The van der Waals surface area contributed by atoms with Gasteiger partial charge in [-0.25, -0.2) is 9.78 Å². The molecule has 4 rings (SSSR count). The molecule has 2 aliphatic rings. The summed E-state index contributed by atoms with van der Waals surface area (Å²) in [6.07, 6.45) is 10.2. The van der Waals surface area contributed by atoms with Gasteiger partial charge in [-0.1, -0.05) is 62.8 Å². The summed E-state index contributed by atoms with van der Waals surface area (Å²) in [6, 6.07) is 7.36. The van der Waals surface area contributed by atoms with Gasteiger partial charge in [0, 0.05) is 24.0 Å². The molecule has 10 nitrogen and oxygen atoms in total. The van der Waals surface area contributed by atoms with Gasteiger partial charge in [-0.05, 0) is 63.0 Å². The van der Waals surface area contributed by atoms with Crippen molar-refractivity contribution in [1.82, 2.24) is 10.3 Å². The van der Waals surface area contributed by atoms with E-state index in [-0.39, 0.29) is 18.7 Å². The summed E-state index contributed by atoms with van der Waals surface area (Å²) >= 11 is 1.46. The first kappa shape index (κ1) is 37.2. The SMILES string of the molecule is COCO[C@@H]1/C=C(\C)CC/C([C@@]2(C)O[C@H](C(C)(C)C)OC2=O)=C/C(=O)N[C@H](C)c2nc(cs2)/C=C\C=C\[C@@H]1OCc1ccc(OC)cc1. The van der Waals surface area contributed by atoms with Gasteiger partial charge in [-0.3, -0.25) is 4.79 Å². The number of carbonyl (C=O) groups excluding carboxylic acids is 2. The number of rotatable bonds is 8. The Morgan fingerprint density at radius 2 is 1.81 bits per heavy atom. The number of allylic oxidation sites excluding steroid dienone is 3. The van der Waals surface area contributed by atoms with Crippen LogP contribution < -0.4 is 10.1 Å². The number of amides is 1. The Morgan fingerprint density at radius 3 is 2.48 bits per heavy atom. The molecule has 260 valence electrons. The average Bonchev–Trinajstić information content (AvgIpc) is 3.65. The van der Waals surface area contributed by atoms with Crippen molar-refractivity contribution in [2.75, 3.05) is 21.0 Å². The van der Waals surface area contributed by atoms with Gasteiger partial charge in [0.1, 0.15) is 29.8 Å². The first-order valence-corrected chi connectivity index (χ1v) is 16.9. The number of hydrogen-bond acceptors (Lipinski definition) is 10. The van der Waals surface area contributed by atoms with E-state index in [1.54, 1.807) is 21.1 Å². The Bertz CT molecular complexity index is 1520. The van der Waals surface area contributed by atoms with Crippen LogP contribution in [0.25, 0.3) is 6.08 Å². The highest BCUT2D eigenvalue weighted by Gasteiger charge is 2.52. The van der Waals surface area contributed by atoms with Crippen molar-refractivity contribution in [1.29, 1.82) is 0 Å². The lowest BCUT2D eigenvalue weighted by atomic mass is 9.89. The number of nitrogens with one attached hydrogen (secondary N) is 1. The zero-order chi connectivity index (χ0) is 34.9. The summed E-state index contributed by atoms with van der Waals surface area (Å²) in [7, 11) is 3.20. The van der Waals surface area contributed by atoms with Crippen molar-refractivity contribution < 1.29 is 38.0 Å². The average molecular weight is 681 g/mol. The van der Waals surface area contributed by atoms with Crippen molar-refractivity contribution in [2.45, 2.75) is 91.1 Å². The largest absolute Gasteiger partial charge is 0.497 e. The summed E-state index contributed by atoms with van der Waals surface area (Å²) < 4.78 is 35.1. The Hall–Kier alpha value is -3.61. The van der Waals surface area contributed by atoms with Gasteiger partial charge in [0.2, 0.25) is 12.2 Å². The van der Waals surface area contributed by atoms with Gasteiger partial charge in [0.25, 0.3) is 0 Å². The van der Waals surface area contributed by atoms with Gasteiger partial charge in [0.05, 0.1) is 25.5 Å². The third-order valence-corrected chi connectivity index (χ3v) is 9.11. The molecule has 2 aliphatic heterocycles. The number of carbonyl (C=O) groups is 2. The normalized spacial score (nSPS) is 29.3. The quantitative estimate of drug-likeness (QED) is 0.182. The first-order chi connectivity index (χ1) is 22.8. The fraction of sp³-hybridized carbons (Fsp3) is 0.486. The molecule has 11 heteroatoms. The second kappa shape index (κ2) is 16.7. The maximum absolute atomic E-state index is 13.4. The molecule has 1 fully saturated rings. The van der Waals surface area contributed by atoms with Gasteiger partial charge in [-0.2, -0.15) is 0 Å². The van der Waals surface area contributed by atoms with E-state index < -0.39 is 35.5 Å². The minimum Gasteiger partial charge on any atom is -0.497 e. The number of nitrogens with zero attached hydrogens (tertiary/aromatic N) is 1. The molecule has 1 saturated heterocycles. The number of hydrogen-bond donors (Lipinski definition) is 1. The second-order valence-electron chi connectivity index (χ2n) is 13.2. The van der Waals surface area contributed by atoms with E-state index in [9.17, 15) is 9.59 Å². The number of aromatic nitrogens is 1. The lowest BCUT2D eigenvalue weighted by Gasteiger charge is -2.28. The van der Waals surface area contributed by atoms with Gasteiger partial charge >= 0.3 is 5.97 Å². The molecular formula is C37H48N2O8S. The molecule has 1 aromatic carbocycles. The molecule has 0 spiro atoms. The fourth-order valence-electron chi connectivity index (χ4n) is 5.14. The summed E-state index contributed by atoms with van der Waals surface area (Å²) in [5, 5.41) is 5.69. The molecule has 0 radical (unpaired) electrons. The number of benzene rings is 1. The van der Waals surface area contributed by atoms with E-state index in [1.165, 1.54) is 17.4 Å². The van der Waals surface area contributed by atoms with Crippen LogP contribution in [0.1, 0.15) is 76.7 Å². The van der Waals surface area contributed by atoms with Crippen molar-refractivity contribution in [2.24, 2.45) is 5.41 Å². The van der Waals surface area contributed by atoms with Crippen LogP contribution in [0.15, 0.2) is 71.2 Å². The minimum atomic E-state index is -1.43. The number of cyclic esters (lactones) is 1. The van der Waals surface area contributed by atoms with E-state index in [4.69, 9.17) is 33.4 Å². The molecule has 1 N–H and O–H groups in total. The van der Waals surface area contributed by atoms with E-state index in [2.05, 4.69) is 5.32 Å². The molecular weight excluding hydrogens is 632 g/mol. The van der Waals surface area contributed by atoms with E-state index in [0.717, 1.165) is 27.6 Å². The van der Waals surface area contributed by atoms with Crippen LogP contribution in [0.4, 0.5) is 0 Å². The molecule has 1 amide bonds. The molecule has 3 heterocycles. The standard InChI is InChI=1S/C37H48N2O8S/c1-24-13-16-27(37(6)34(41)46-35(47-37)36(3,4)5)20-32(40)38-25(2)33-39-28(22-48-33)11-9-10-12-30(31(19-24)45-23-42-7)44-21-26-14-17-29(43-8)18-15-26/h9-12,14-15,17-20,22,25,30-31,35H,13,16,21,23H2,1-8H3,(H,38,40)/b11-9-,12-10+,24-19+,27-20-/t25-,30+,31-,35-,37-/m1/s1. The number of fused-ring (bicyclic) bond motifs is 2. The van der Waals surface area contributed by atoms with Crippen molar-refractivity contribution in [3.63, 3.8) is 0 Å². The van der Waals surface area contributed by atoms with E-state index in [0.29, 0.717) is 25.0 Å². The minimum absolute atomic E-state index is 0.0531. The molecule has 0 saturated carbocycles. The summed E-state index contributed by atoms with van der Waals surface area (Å²) in [6.45, 7) is 11.7. The zero-order valence-electron chi connectivity index (χ0n) is 29.1. The molecule has 2 bridgehead atoms. The summed E-state index contributed by atoms with van der Waals surface area (Å²) in [4.78, 5) is 31.4. The van der Waals surface area contributed by atoms with Crippen LogP contribution in [-0.4, -0.2) is 62.0 Å². The number of methoxy groups -OCH3 is 2. The maximum Gasteiger partial charge on any atom is 0.344 e. The molecule has 48 heavy (non-hydrogen) atoms. The predicted octanol–water partition coefficient (Wildman–Crippen LogP) is 6.84. The fourth-order valence-corrected chi connectivity index (χ4v) is 5.93. The number of esters is 1. The molecule has 2 aromatic rings. The van der Waals surface area contributed by atoms with E-state index in [1.807, 2.05) is 94.6 Å². The third-order valence-electron chi connectivity index (χ3n) is 8.06. The van der Waals surface area contributed by atoms with Gasteiger partial charge in [0.15, 0.2) is 5.60 Å². The topological polar surface area (TPSA) is 114 Å².